The van der Waals surface area contributed by atoms with Gasteiger partial charge in [0.05, 0.1) is 56.2 Å². The number of nitrogens with zero attached hydrogens (tertiary/aromatic N) is 6. The van der Waals surface area contributed by atoms with Crippen LogP contribution in [0.25, 0.3) is 252 Å². The summed E-state index contributed by atoms with van der Waals surface area (Å²) >= 11 is 3.71. The van der Waals surface area contributed by atoms with E-state index in [0.29, 0.717) is 11.6 Å². The largest absolute Gasteiger partial charge is 0.456 e. The normalized spacial score (nSPS) is 11.8. The minimum Gasteiger partial charge on any atom is -0.456 e. The molecule has 0 atom stereocenters. The number of benzene rings is 18. The van der Waals surface area contributed by atoms with E-state index < -0.39 is 0 Å². The zero-order chi connectivity index (χ0) is 82.9. The third-order valence-corrected chi connectivity index (χ3v) is 27.1. The molecule has 0 N–H and O–H groups in total. The summed E-state index contributed by atoms with van der Waals surface area (Å²) in [6, 6.07) is 151. The third kappa shape index (κ3) is 12.3. The molecule has 0 aliphatic rings. The quantitative estimate of drug-likeness (QED) is 0.121. The van der Waals surface area contributed by atoms with Crippen LogP contribution in [0, 0.1) is 0 Å². The van der Waals surface area contributed by atoms with E-state index in [0.717, 1.165) is 167 Å². The summed E-state index contributed by atoms with van der Waals surface area (Å²) in [5.74, 6) is 1.36. The van der Waals surface area contributed by atoms with Gasteiger partial charge in [0.1, 0.15) is 22.3 Å². The number of hydrogen-bond acceptors (Lipinski definition) is 8. The van der Waals surface area contributed by atoms with Gasteiger partial charge in [-0.25, -0.2) is 19.9 Å². The Balaban J connectivity index is 0.000000137. The molecule has 126 heavy (non-hydrogen) atoms. The summed E-state index contributed by atoms with van der Waals surface area (Å²) in [5, 5.41) is 14.2. The van der Waals surface area contributed by atoms with Crippen molar-refractivity contribution in [1.29, 1.82) is 0 Å². The van der Waals surface area contributed by atoms with Crippen LogP contribution < -0.4 is 0 Å². The van der Waals surface area contributed by atoms with Crippen molar-refractivity contribution in [2.24, 2.45) is 0 Å². The van der Waals surface area contributed by atoms with Crippen LogP contribution in [0.3, 0.4) is 0 Å². The SMILES string of the molecule is c1ccc(-c2nc(-c3ccccc3)c(-n3c4ccc(-c5ccc6oc7ccccc7c6c5)cc4c4cc(-c5ccc6oc7ccccc7c6c5)ccc43)c(-c3ccccc3)n2)cc1.c1ccc(-c2nc(-c3ccccc3)c(-n3c4ccc(-c5ccc6sc7ccccc7c6c5)cc4c4cc(-c5ccc6sc7ccccc7c6c5)ccc43)c(-c3ccccc3)n2)cc1. The Labute approximate surface area is 731 Å². The van der Waals surface area contributed by atoms with E-state index in [2.05, 4.69) is 385 Å². The lowest BCUT2D eigenvalue weighted by atomic mass is 9.98. The molecule has 26 rings (SSSR count). The molecule has 0 aliphatic carbocycles. The fraction of sp³-hybridized carbons (Fsp3) is 0. The van der Waals surface area contributed by atoms with Crippen molar-refractivity contribution in [1.82, 2.24) is 29.1 Å². The summed E-state index contributed by atoms with van der Waals surface area (Å²) in [5.41, 5.74) is 28.4. The molecule has 18 aromatic carbocycles. The molecule has 0 aliphatic heterocycles. The Bertz CT molecular complexity index is 7860. The van der Waals surface area contributed by atoms with E-state index in [1.807, 2.05) is 71.2 Å². The van der Waals surface area contributed by atoms with Crippen LogP contribution in [0.1, 0.15) is 0 Å². The number of para-hydroxylation sites is 2. The van der Waals surface area contributed by atoms with Crippen LogP contribution in [-0.4, -0.2) is 29.1 Å². The first-order valence-corrected chi connectivity index (χ1v) is 44.1. The second-order valence-corrected chi connectivity index (χ2v) is 34.4. The highest BCUT2D eigenvalue weighted by Gasteiger charge is 2.29. The van der Waals surface area contributed by atoms with Gasteiger partial charge in [0, 0.05) is 117 Å². The van der Waals surface area contributed by atoms with Crippen LogP contribution in [0.2, 0.25) is 0 Å². The number of rotatable bonds is 12. The summed E-state index contributed by atoms with van der Waals surface area (Å²) in [6.07, 6.45) is 0. The molecular formula is C116H70N6O2S2. The van der Waals surface area contributed by atoms with Crippen molar-refractivity contribution in [2.45, 2.75) is 0 Å². The van der Waals surface area contributed by atoms with Gasteiger partial charge in [-0.05, 0) is 166 Å². The fourth-order valence-corrected chi connectivity index (χ4v) is 21.0. The molecule has 0 unspecified atom stereocenters. The molecule has 8 nitrogen and oxygen atoms in total. The molecular weight excluding hydrogens is 1570 g/mol. The van der Waals surface area contributed by atoms with Crippen LogP contribution in [0.15, 0.2) is 433 Å². The summed E-state index contributed by atoms with van der Waals surface area (Å²) < 4.78 is 22.5. The van der Waals surface area contributed by atoms with Gasteiger partial charge < -0.3 is 18.0 Å². The van der Waals surface area contributed by atoms with Gasteiger partial charge in [-0.3, -0.25) is 0 Å². The monoisotopic (exact) mass is 1640 g/mol. The Morgan fingerprint density at radius 2 is 0.397 bits per heavy atom. The number of fused-ring (bicyclic) bond motifs is 18. The van der Waals surface area contributed by atoms with Crippen molar-refractivity contribution < 1.29 is 8.83 Å². The number of thiophene rings is 2. The van der Waals surface area contributed by atoms with E-state index in [-0.39, 0.29) is 0 Å². The van der Waals surface area contributed by atoms with Gasteiger partial charge >= 0.3 is 0 Å². The maximum Gasteiger partial charge on any atom is 0.160 e. The average molecular weight is 1640 g/mol. The van der Waals surface area contributed by atoms with Crippen molar-refractivity contribution in [3.05, 3.63) is 425 Å². The van der Waals surface area contributed by atoms with Crippen LogP contribution >= 0.6 is 22.7 Å². The fourth-order valence-electron chi connectivity index (χ4n) is 18.8. The molecule has 10 heteroatoms. The van der Waals surface area contributed by atoms with Gasteiger partial charge in [-0.1, -0.05) is 303 Å². The molecule has 0 spiro atoms. The van der Waals surface area contributed by atoms with Gasteiger partial charge in [-0.2, -0.15) is 0 Å². The van der Waals surface area contributed by atoms with Crippen molar-refractivity contribution in [3.8, 4) is 124 Å². The number of furan rings is 2. The average Bonchev–Trinajstić information content (AvgIpc) is 1.57. The molecule has 8 aromatic heterocycles. The standard InChI is InChI=1S/C58H35N3O2.C58H35N3S2/c2*1-4-14-36(15-5-1)55-57(56(37-16-6-2-7-17-37)60-58(59-55)38-18-8-3-9-19-38)61-49-28-24-39(41-26-30-53-47(34-41)43-20-10-12-22-51(43)62-53)32-45(49)46-33-40(25-29-50(46)61)42-27-31-54-48(35-42)44-21-11-13-23-52(44)63-54/h2*1-35H. The molecule has 0 radical (unpaired) electrons. The molecule has 8 heterocycles. The second-order valence-electron chi connectivity index (χ2n) is 32.2. The van der Waals surface area contributed by atoms with E-state index >= 15 is 0 Å². The summed E-state index contributed by atoms with van der Waals surface area (Å²) in [4.78, 5) is 21.8. The minimum atomic E-state index is 0.673. The van der Waals surface area contributed by atoms with E-state index in [1.165, 1.54) is 73.4 Å². The summed E-state index contributed by atoms with van der Waals surface area (Å²) in [7, 11) is 0. The van der Waals surface area contributed by atoms with Crippen molar-refractivity contribution in [3.63, 3.8) is 0 Å². The number of hydrogen-bond donors (Lipinski definition) is 0. The van der Waals surface area contributed by atoms with Gasteiger partial charge in [0.15, 0.2) is 11.6 Å². The molecule has 0 amide bonds. The first kappa shape index (κ1) is 72.6. The van der Waals surface area contributed by atoms with E-state index in [4.69, 9.17) is 28.8 Å². The lowest BCUT2D eigenvalue weighted by Gasteiger charge is -2.19. The predicted octanol–water partition coefficient (Wildman–Crippen LogP) is 32.4. The molecule has 588 valence electrons. The molecule has 0 saturated carbocycles. The molecule has 0 bridgehead atoms. The second kappa shape index (κ2) is 29.8. The van der Waals surface area contributed by atoms with E-state index in [1.54, 1.807) is 0 Å². The highest BCUT2D eigenvalue weighted by molar-refractivity contribution is 7.26. The Hall–Kier alpha value is -16.2. The Kier molecular flexibility index (Phi) is 17.2. The van der Waals surface area contributed by atoms with E-state index in [9.17, 15) is 0 Å². The van der Waals surface area contributed by atoms with Crippen LogP contribution in [0.5, 0.6) is 0 Å². The van der Waals surface area contributed by atoms with Crippen LogP contribution in [-0.2, 0) is 0 Å². The van der Waals surface area contributed by atoms with Gasteiger partial charge in [0.25, 0.3) is 0 Å². The maximum atomic E-state index is 6.23. The Morgan fingerprint density at radius 1 is 0.167 bits per heavy atom. The van der Waals surface area contributed by atoms with Gasteiger partial charge in [0.2, 0.25) is 0 Å². The summed E-state index contributed by atoms with van der Waals surface area (Å²) in [6.45, 7) is 0. The van der Waals surface area contributed by atoms with Crippen molar-refractivity contribution in [2.75, 3.05) is 0 Å². The smallest absolute Gasteiger partial charge is 0.160 e. The minimum absolute atomic E-state index is 0.673. The first-order valence-electron chi connectivity index (χ1n) is 42.4. The third-order valence-electron chi connectivity index (χ3n) is 24.8. The zero-order valence-electron chi connectivity index (χ0n) is 67.7. The molecule has 0 saturated heterocycles. The highest BCUT2D eigenvalue weighted by atomic mass is 32.1. The van der Waals surface area contributed by atoms with Crippen LogP contribution in [0.4, 0.5) is 0 Å². The lowest BCUT2D eigenvalue weighted by molar-refractivity contribution is 0.668. The van der Waals surface area contributed by atoms with Crippen molar-refractivity contribution >= 4 is 151 Å². The topological polar surface area (TPSA) is 87.7 Å². The lowest BCUT2D eigenvalue weighted by Crippen LogP contribution is -2.06. The Morgan fingerprint density at radius 3 is 0.714 bits per heavy atom. The van der Waals surface area contributed by atoms with Gasteiger partial charge in [-0.15, -0.1) is 22.7 Å². The maximum absolute atomic E-state index is 6.23. The zero-order valence-corrected chi connectivity index (χ0v) is 69.4. The molecule has 0 fully saturated rings. The predicted molar refractivity (Wildman–Crippen MR) is 527 cm³/mol. The first-order chi connectivity index (χ1) is 62.4. The highest BCUT2D eigenvalue weighted by Crippen LogP contribution is 2.49. The molecule has 26 aromatic rings. The number of aromatic nitrogens is 6.